The van der Waals surface area contributed by atoms with E-state index in [0.29, 0.717) is 24.4 Å². The number of ether oxygens (including phenoxy) is 1. The molecule has 1 aliphatic carbocycles. The highest BCUT2D eigenvalue weighted by Crippen LogP contribution is 2.37. The molecule has 10 heteroatoms. The van der Waals surface area contributed by atoms with Gasteiger partial charge in [0.15, 0.2) is 0 Å². The van der Waals surface area contributed by atoms with Gasteiger partial charge in [-0.05, 0) is 29.9 Å². The minimum atomic E-state index is -1.05. The Kier molecular flexibility index (Phi) is 8.58. The molecule has 4 N–H and O–H groups in total. The number of nitrogens with zero attached hydrogens (tertiary/aromatic N) is 1. The topological polar surface area (TPSA) is 132 Å². The molecular formula is C26H32N4O5S. The number of amidine groups is 1. The van der Waals surface area contributed by atoms with Crippen LogP contribution in [0.3, 0.4) is 0 Å². The molecule has 0 bridgehead atoms. The van der Waals surface area contributed by atoms with Crippen molar-refractivity contribution in [2.75, 3.05) is 6.54 Å². The third-order valence-electron chi connectivity index (χ3n) is 7.02. The highest BCUT2D eigenvalue weighted by Gasteiger charge is 2.42. The number of thiophene rings is 1. The molecule has 1 aromatic heterocycles. The molecule has 2 fully saturated rings. The van der Waals surface area contributed by atoms with Gasteiger partial charge in [0.25, 0.3) is 0 Å². The lowest BCUT2D eigenvalue weighted by atomic mass is 9.79. The zero-order valence-electron chi connectivity index (χ0n) is 20.1. The second-order valence-electron chi connectivity index (χ2n) is 9.43. The van der Waals surface area contributed by atoms with Gasteiger partial charge in [-0.25, -0.2) is 9.59 Å². The van der Waals surface area contributed by atoms with E-state index in [2.05, 4.69) is 10.6 Å². The highest BCUT2D eigenvalue weighted by atomic mass is 32.1. The van der Waals surface area contributed by atoms with Gasteiger partial charge in [-0.2, -0.15) is 0 Å². The largest absolute Gasteiger partial charge is 0.465 e. The number of alkyl carbamates (subject to hydrolysis) is 1. The Bertz CT molecular complexity index is 1080. The number of rotatable bonds is 7. The molecule has 1 aromatic carbocycles. The van der Waals surface area contributed by atoms with Crippen LogP contribution in [0.1, 0.15) is 54.5 Å². The second kappa shape index (κ2) is 12.0. The molecule has 2 heterocycles. The number of amides is 3. The maximum Gasteiger partial charge on any atom is 0.413 e. The monoisotopic (exact) mass is 512 g/mol. The van der Waals surface area contributed by atoms with Gasteiger partial charge in [-0.3, -0.25) is 20.4 Å². The Balaban J connectivity index is 1.26. The van der Waals surface area contributed by atoms with Crippen LogP contribution in [0.25, 0.3) is 0 Å². The number of hydrogen-bond donors (Lipinski definition) is 4. The summed E-state index contributed by atoms with van der Waals surface area (Å²) in [6.07, 6.45) is 4.63. The predicted octanol–water partition coefficient (Wildman–Crippen LogP) is 4.56. The Labute approximate surface area is 214 Å². The van der Waals surface area contributed by atoms with Crippen molar-refractivity contribution in [1.29, 1.82) is 5.41 Å². The van der Waals surface area contributed by atoms with E-state index in [1.165, 1.54) is 35.5 Å². The lowest BCUT2D eigenvalue weighted by Gasteiger charge is -2.26. The van der Waals surface area contributed by atoms with Crippen LogP contribution in [-0.4, -0.2) is 46.5 Å². The summed E-state index contributed by atoms with van der Waals surface area (Å²) in [5, 5.41) is 24.8. The molecule has 0 spiro atoms. The zero-order chi connectivity index (χ0) is 25.5. The maximum absolute atomic E-state index is 12.9. The molecular weight excluding hydrogens is 480 g/mol. The molecule has 2 aliphatic rings. The minimum Gasteiger partial charge on any atom is -0.465 e. The van der Waals surface area contributed by atoms with Gasteiger partial charge in [0.05, 0.1) is 6.54 Å². The molecule has 4 rings (SSSR count). The van der Waals surface area contributed by atoms with E-state index in [0.717, 1.165) is 23.3 Å². The molecule has 36 heavy (non-hydrogen) atoms. The maximum atomic E-state index is 12.9. The number of likely N-dealkylation sites (tertiary alicyclic amines) is 1. The summed E-state index contributed by atoms with van der Waals surface area (Å²) in [7, 11) is 0. The van der Waals surface area contributed by atoms with Gasteiger partial charge in [-0.15, -0.1) is 11.3 Å². The van der Waals surface area contributed by atoms with Crippen molar-refractivity contribution >= 4 is 35.3 Å². The summed E-state index contributed by atoms with van der Waals surface area (Å²) in [5.74, 6) is 0.350. The first-order valence-corrected chi connectivity index (χ1v) is 13.2. The summed E-state index contributed by atoms with van der Waals surface area (Å²) in [6.45, 7) is 0.759. The average Bonchev–Trinajstić information content (AvgIpc) is 3.55. The molecule has 0 radical (unpaired) electrons. The van der Waals surface area contributed by atoms with Gasteiger partial charge in [-0.1, -0.05) is 62.4 Å². The van der Waals surface area contributed by atoms with E-state index < -0.39 is 18.2 Å². The normalized spacial score (nSPS) is 20.1. The average molecular weight is 513 g/mol. The van der Waals surface area contributed by atoms with E-state index in [1.807, 2.05) is 30.3 Å². The van der Waals surface area contributed by atoms with Crippen molar-refractivity contribution in [2.45, 2.75) is 57.7 Å². The van der Waals surface area contributed by atoms with Crippen molar-refractivity contribution in [3.8, 4) is 0 Å². The summed E-state index contributed by atoms with van der Waals surface area (Å²) in [4.78, 5) is 38.8. The van der Waals surface area contributed by atoms with Crippen LogP contribution < -0.4 is 10.6 Å². The van der Waals surface area contributed by atoms with Gasteiger partial charge < -0.3 is 15.2 Å². The van der Waals surface area contributed by atoms with E-state index in [-0.39, 0.29) is 30.8 Å². The van der Waals surface area contributed by atoms with E-state index >= 15 is 0 Å². The zero-order valence-corrected chi connectivity index (χ0v) is 20.9. The van der Waals surface area contributed by atoms with E-state index in [4.69, 9.17) is 10.1 Å². The molecule has 9 nitrogen and oxygen atoms in total. The van der Waals surface area contributed by atoms with Crippen LogP contribution >= 0.6 is 11.3 Å². The molecule has 2 atom stereocenters. The first-order chi connectivity index (χ1) is 17.4. The minimum absolute atomic E-state index is 0.0925. The third-order valence-corrected chi connectivity index (χ3v) is 7.95. The first kappa shape index (κ1) is 25.7. The smallest absolute Gasteiger partial charge is 0.413 e. The van der Waals surface area contributed by atoms with Crippen LogP contribution in [0.15, 0.2) is 41.8 Å². The van der Waals surface area contributed by atoms with Gasteiger partial charge in [0.2, 0.25) is 5.91 Å². The van der Waals surface area contributed by atoms with E-state index in [9.17, 15) is 19.5 Å². The molecule has 1 aliphatic heterocycles. The number of carbonyl (C=O) groups is 3. The predicted molar refractivity (Wildman–Crippen MR) is 136 cm³/mol. The fraction of sp³-hybridized carbons (Fsp3) is 0.462. The number of hydrogen-bond acceptors (Lipinski definition) is 6. The van der Waals surface area contributed by atoms with Crippen molar-refractivity contribution in [2.24, 2.45) is 11.8 Å². The van der Waals surface area contributed by atoms with Crippen LogP contribution in [0.4, 0.5) is 9.59 Å². The van der Waals surface area contributed by atoms with E-state index in [1.54, 1.807) is 11.4 Å². The lowest BCUT2D eigenvalue weighted by Crippen LogP contribution is -2.45. The second-order valence-corrected chi connectivity index (χ2v) is 10.4. The molecule has 3 amide bonds. The Hall–Kier alpha value is -3.40. The van der Waals surface area contributed by atoms with Gasteiger partial charge in [0, 0.05) is 22.4 Å². The highest BCUT2D eigenvalue weighted by molar-refractivity contribution is 7.10. The quantitative estimate of drug-likeness (QED) is 0.319. The summed E-state index contributed by atoms with van der Waals surface area (Å²) < 4.78 is 5.15. The Morgan fingerprint density at radius 2 is 1.86 bits per heavy atom. The standard InChI is InChI=1S/C26H32N4O5S/c27-23(29-25(32)35-15-17-7-3-1-4-8-17)20-11-21(36-16-20)13-28-24(31)22-12-19(14-30(22)26(33)34)18-9-5-2-6-10-18/h1,3-4,7-8,11,16,18-19,22H,2,5-6,9-10,12-15H2,(H,28,31)(H,33,34)(H2,27,29,32)/t19-,22+/m1/s1. The molecule has 192 valence electrons. The fourth-order valence-electron chi connectivity index (χ4n) is 5.11. The Morgan fingerprint density at radius 1 is 1.11 bits per heavy atom. The lowest BCUT2D eigenvalue weighted by molar-refractivity contribution is -0.125. The van der Waals surface area contributed by atoms with Crippen molar-refractivity contribution in [3.05, 3.63) is 57.8 Å². The number of carboxylic acid groups (broad SMARTS) is 1. The number of benzene rings is 1. The molecule has 1 saturated carbocycles. The van der Waals surface area contributed by atoms with Crippen molar-refractivity contribution in [3.63, 3.8) is 0 Å². The van der Waals surface area contributed by atoms with Crippen LogP contribution in [0.2, 0.25) is 0 Å². The SMILES string of the molecule is N=C(NC(=O)OCc1ccccc1)c1csc(CNC(=O)[C@@H]2C[C@@H](C3CCCCC3)CN2C(=O)O)c1. The van der Waals surface area contributed by atoms with Crippen molar-refractivity contribution < 1.29 is 24.2 Å². The molecule has 2 aromatic rings. The molecule has 0 unspecified atom stereocenters. The first-order valence-electron chi connectivity index (χ1n) is 12.3. The number of carbonyl (C=O) groups excluding carboxylic acids is 2. The van der Waals surface area contributed by atoms with Gasteiger partial charge >= 0.3 is 12.2 Å². The third kappa shape index (κ3) is 6.63. The van der Waals surface area contributed by atoms with Crippen molar-refractivity contribution in [1.82, 2.24) is 15.5 Å². The van der Waals surface area contributed by atoms with Crippen LogP contribution in [-0.2, 0) is 22.7 Å². The van der Waals surface area contributed by atoms with Crippen LogP contribution in [0.5, 0.6) is 0 Å². The number of nitrogens with one attached hydrogen (secondary N) is 3. The van der Waals surface area contributed by atoms with Crippen LogP contribution in [0, 0.1) is 17.2 Å². The summed E-state index contributed by atoms with van der Waals surface area (Å²) >= 11 is 1.35. The summed E-state index contributed by atoms with van der Waals surface area (Å²) in [5.41, 5.74) is 1.35. The molecule has 1 saturated heterocycles. The summed E-state index contributed by atoms with van der Waals surface area (Å²) in [6, 6.07) is 10.3. The Morgan fingerprint density at radius 3 is 2.58 bits per heavy atom. The van der Waals surface area contributed by atoms with Gasteiger partial charge in [0.1, 0.15) is 18.5 Å². The fourth-order valence-corrected chi connectivity index (χ4v) is 5.92.